The lowest BCUT2D eigenvalue weighted by molar-refractivity contribution is 0.271. The summed E-state index contributed by atoms with van der Waals surface area (Å²) in [5, 5.41) is 8.92. The van der Waals surface area contributed by atoms with Crippen molar-refractivity contribution in [3.05, 3.63) is 46.8 Å². The van der Waals surface area contributed by atoms with E-state index in [1.807, 2.05) is 30.3 Å². The summed E-state index contributed by atoms with van der Waals surface area (Å²) in [5.41, 5.74) is 1.83. The van der Waals surface area contributed by atoms with Crippen molar-refractivity contribution in [2.75, 3.05) is 0 Å². The van der Waals surface area contributed by atoms with Crippen LogP contribution in [0.4, 0.5) is 0 Å². The summed E-state index contributed by atoms with van der Waals surface area (Å²) in [6.45, 7) is -0.135. The second-order valence-corrected chi connectivity index (χ2v) is 3.94. The van der Waals surface area contributed by atoms with Gasteiger partial charge in [-0.05, 0) is 18.2 Å². The van der Waals surface area contributed by atoms with E-state index in [4.69, 9.17) is 5.11 Å². The van der Waals surface area contributed by atoms with Gasteiger partial charge in [0.15, 0.2) is 5.82 Å². The smallest absolute Gasteiger partial charge is 0.154 e. The average Bonchev–Trinajstić information content (AvgIpc) is 2.30. The van der Waals surface area contributed by atoms with Gasteiger partial charge in [0.1, 0.15) is 6.61 Å². The number of rotatable bonds is 2. The van der Waals surface area contributed by atoms with Crippen LogP contribution in [0.5, 0.6) is 0 Å². The van der Waals surface area contributed by atoms with Crippen molar-refractivity contribution in [1.82, 2.24) is 9.97 Å². The van der Waals surface area contributed by atoms with Crippen LogP contribution >= 0.6 is 15.9 Å². The van der Waals surface area contributed by atoms with E-state index >= 15 is 0 Å². The molecular formula is C11H9BrN2O. The van der Waals surface area contributed by atoms with E-state index in [1.54, 1.807) is 6.20 Å². The lowest BCUT2D eigenvalue weighted by Gasteiger charge is -2.02. The standard InChI is InChI=1S/C11H9BrN2O/c12-9-3-1-8(2-4-9)10-5-6-13-11(7-15)14-10/h1-6,15H,7H2. The summed E-state index contributed by atoms with van der Waals surface area (Å²) in [6.07, 6.45) is 1.65. The largest absolute Gasteiger partial charge is 0.388 e. The van der Waals surface area contributed by atoms with Crippen LogP contribution in [-0.2, 0) is 6.61 Å². The van der Waals surface area contributed by atoms with Gasteiger partial charge in [-0.2, -0.15) is 0 Å². The molecule has 0 amide bonds. The minimum Gasteiger partial charge on any atom is -0.388 e. The Morgan fingerprint density at radius 2 is 1.87 bits per heavy atom. The first-order valence-corrected chi connectivity index (χ1v) is 5.27. The van der Waals surface area contributed by atoms with Crippen LogP contribution in [0.15, 0.2) is 41.0 Å². The zero-order chi connectivity index (χ0) is 10.7. The van der Waals surface area contributed by atoms with E-state index in [9.17, 15) is 0 Å². The maximum absolute atomic E-state index is 8.92. The predicted octanol–water partition coefficient (Wildman–Crippen LogP) is 2.40. The first-order valence-electron chi connectivity index (χ1n) is 4.48. The molecule has 2 aromatic rings. The third kappa shape index (κ3) is 2.40. The van der Waals surface area contributed by atoms with Crippen molar-refractivity contribution in [3.8, 4) is 11.3 Å². The van der Waals surface area contributed by atoms with Gasteiger partial charge in [0, 0.05) is 16.2 Å². The number of aromatic nitrogens is 2. The van der Waals surface area contributed by atoms with Crippen molar-refractivity contribution in [3.63, 3.8) is 0 Å². The quantitative estimate of drug-likeness (QED) is 0.906. The van der Waals surface area contributed by atoms with E-state index in [0.717, 1.165) is 15.7 Å². The molecule has 3 nitrogen and oxygen atoms in total. The number of hydrogen-bond acceptors (Lipinski definition) is 3. The summed E-state index contributed by atoms with van der Waals surface area (Å²) in [5.74, 6) is 0.440. The monoisotopic (exact) mass is 264 g/mol. The molecule has 1 aromatic heterocycles. The minimum absolute atomic E-state index is 0.135. The molecule has 76 valence electrons. The van der Waals surface area contributed by atoms with E-state index < -0.39 is 0 Å². The highest BCUT2D eigenvalue weighted by Crippen LogP contribution is 2.19. The van der Waals surface area contributed by atoms with Gasteiger partial charge >= 0.3 is 0 Å². The van der Waals surface area contributed by atoms with Gasteiger partial charge in [0.05, 0.1) is 5.69 Å². The summed E-state index contributed by atoms with van der Waals surface area (Å²) in [7, 11) is 0. The summed E-state index contributed by atoms with van der Waals surface area (Å²) >= 11 is 3.37. The molecule has 4 heteroatoms. The number of aliphatic hydroxyl groups excluding tert-OH is 1. The molecule has 1 N–H and O–H groups in total. The van der Waals surface area contributed by atoms with E-state index in [-0.39, 0.29) is 6.61 Å². The number of halogens is 1. The molecule has 0 fully saturated rings. The molecule has 0 bridgehead atoms. The number of aliphatic hydroxyl groups is 1. The number of hydrogen-bond donors (Lipinski definition) is 1. The first kappa shape index (κ1) is 10.3. The van der Waals surface area contributed by atoms with Gasteiger partial charge < -0.3 is 5.11 Å². The Labute approximate surface area is 96.0 Å². The SMILES string of the molecule is OCc1nccc(-c2ccc(Br)cc2)n1. The van der Waals surface area contributed by atoms with Gasteiger partial charge in [-0.3, -0.25) is 0 Å². The Balaban J connectivity index is 2.40. The van der Waals surface area contributed by atoms with Gasteiger partial charge in [-0.15, -0.1) is 0 Å². The molecule has 1 aromatic carbocycles. The van der Waals surface area contributed by atoms with Crippen LogP contribution in [0.25, 0.3) is 11.3 Å². The highest BCUT2D eigenvalue weighted by atomic mass is 79.9. The zero-order valence-corrected chi connectivity index (χ0v) is 9.48. The van der Waals surface area contributed by atoms with Crippen LogP contribution < -0.4 is 0 Å². The van der Waals surface area contributed by atoms with Gasteiger partial charge in [-0.25, -0.2) is 9.97 Å². The second-order valence-electron chi connectivity index (χ2n) is 3.02. The normalized spacial score (nSPS) is 10.3. The van der Waals surface area contributed by atoms with Crippen LogP contribution in [-0.4, -0.2) is 15.1 Å². The van der Waals surface area contributed by atoms with Gasteiger partial charge in [0.2, 0.25) is 0 Å². The molecule has 2 rings (SSSR count). The van der Waals surface area contributed by atoms with E-state index in [2.05, 4.69) is 25.9 Å². The van der Waals surface area contributed by atoms with Crippen molar-refractivity contribution in [1.29, 1.82) is 0 Å². The Bertz CT molecular complexity index is 456. The van der Waals surface area contributed by atoms with Gasteiger partial charge in [-0.1, -0.05) is 28.1 Å². The molecule has 0 aliphatic carbocycles. The maximum Gasteiger partial charge on any atom is 0.154 e. The lowest BCUT2D eigenvalue weighted by Crippen LogP contribution is -1.95. The fraction of sp³-hybridized carbons (Fsp3) is 0.0909. The first-order chi connectivity index (χ1) is 7.29. The highest BCUT2D eigenvalue weighted by molar-refractivity contribution is 9.10. The second kappa shape index (κ2) is 4.51. The van der Waals surface area contributed by atoms with E-state index in [1.165, 1.54) is 0 Å². The summed E-state index contributed by atoms with van der Waals surface area (Å²) < 4.78 is 1.03. The molecule has 1 heterocycles. The maximum atomic E-state index is 8.92. The number of nitrogens with zero attached hydrogens (tertiary/aromatic N) is 2. The van der Waals surface area contributed by atoms with E-state index in [0.29, 0.717) is 5.82 Å². The fourth-order valence-electron chi connectivity index (χ4n) is 1.26. The van der Waals surface area contributed by atoms with Crippen LogP contribution in [0.1, 0.15) is 5.82 Å². The van der Waals surface area contributed by atoms with Gasteiger partial charge in [0.25, 0.3) is 0 Å². The van der Waals surface area contributed by atoms with Crippen molar-refractivity contribution >= 4 is 15.9 Å². The topological polar surface area (TPSA) is 46.0 Å². The molecule has 0 aliphatic rings. The fourth-order valence-corrected chi connectivity index (χ4v) is 1.52. The number of benzene rings is 1. The van der Waals surface area contributed by atoms with Crippen LogP contribution in [0, 0.1) is 0 Å². The zero-order valence-electron chi connectivity index (χ0n) is 7.89. The third-order valence-electron chi connectivity index (χ3n) is 1.99. The minimum atomic E-state index is -0.135. The van der Waals surface area contributed by atoms with Crippen molar-refractivity contribution < 1.29 is 5.11 Å². The molecule has 0 atom stereocenters. The van der Waals surface area contributed by atoms with Crippen LogP contribution in [0.2, 0.25) is 0 Å². The summed E-state index contributed by atoms with van der Waals surface area (Å²) in [4.78, 5) is 8.15. The summed E-state index contributed by atoms with van der Waals surface area (Å²) in [6, 6.07) is 9.66. The molecule has 0 spiro atoms. The average molecular weight is 265 g/mol. The molecular weight excluding hydrogens is 256 g/mol. The molecule has 0 radical (unpaired) electrons. The molecule has 0 aliphatic heterocycles. The Hall–Kier alpha value is -1.26. The Kier molecular flexibility index (Phi) is 3.08. The van der Waals surface area contributed by atoms with Crippen LogP contribution in [0.3, 0.4) is 0 Å². The molecule has 15 heavy (non-hydrogen) atoms. The Morgan fingerprint density at radius 3 is 2.53 bits per heavy atom. The molecule has 0 saturated heterocycles. The van der Waals surface area contributed by atoms with Crippen molar-refractivity contribution in [2.24, 2.45) is 0 Å². The highest BCUT2D eigenvalue weighted by Gasteiger charge is 2.00. The molecule has 0 saturated carbocycles. The van der Waals surface area contributed by atoms with Crippen molar-refractivity contribution in [2.45, 2.75) is 6.61 Å². The third-order valence-corrected chi connectivity index (χ3v) is 2.52. The Morgan fingerprint density at radius 1 is 1.13 bits per heavy atom. The molecule has 0 unspecified atom stereocenters. The lowest BCUT2D eigenvalue weighted by atomic mass is 10.1. The predicted molar refractivity (Wildman–Crippen MR) is 61.1 cm³/mol.